The van der Waals surface area contributed by atoms with Crippen LogP contribution in [0.1, 0.15) is 10.5 Å². The molecule has 0 aliphatic carbocycles. The number of carbonyl (C=O) groups excluding carboxylic acids is 1. The summed E-state index contributed by atoms with van der Waals surface area (Å²) in [5.41, 5.74) is 6.18. The van der Waals surface area contributed by atoms with Crippen LogP contribution >= 0.6 is 11.6 Å². The smallest absolute Gasteiger partial charge is 0.362 e. The van der Waals surface area contributed by atoms with E-state index in [-0.39, 0.29) is 17.5 Å². The number of aromatic nitrogens is 1. The second kappa shape index (κ2) is 4.47. The van der Waals surface area contributed by atoms with Crippen molar-refractivity contribution in [1.82, 2.24) is 4.98 Å². The Morgan fingerprint density at radius 2 is 2.06 bits per heavy atom. The highest BCUT2D eigenvalue weighted by atomic mass is 35.5. The zero-order valence-electron chi connectivity index (χ0n) is 8.94. The van der Waals surface area contributed by atoms with Crippen molar-refractivity contribution < 1.29 is 13.9 Å². The molecule has 0 fully saturated rings. The number of nitrogens with two attached hydrogens (primary N) is 1. The van der Waals surface area contributed by atoms with E-state index in [1.165, 1.54) is 7.11 Å². The molecule has 17 heavy (non-hydrogen) atoms. The Balaban J connectivity index is 2.41. The van der Waals surface area contributed by atoms with Crippen LogP contribution in [0.5, 0.6) is 0 Å². The minimum atomic E-state index is -0.633. The lowest BCUT2D eigenvalue weighted by Crippen LogP contribution is -2.04. The Labute approximate surface area is 102 Å². The molecule has 0 aliphatic rings. The molecule has 2 aromatic rings. The van der Waals surface area contributed by atoms with Crippen molar-refractivity contribution in [2.24, 2.45) is 0 Å². The normalized spacial score (nSPS) is 10.2. The Kier molecular flexibility index (Phi) is 3.01. The topological polar surface area (TPSA) is 78.3 Å². The molecular formula is C11H9ClN2O3. The highest BCUT2D eigenvalue weighted by Gasteiger charge is 2.19. The zero-order valence-corrected chi connectivity index (χ0v) is 9.69. The monoisotopic (exact) mass is 252 g/mol. The molecule has 1 heterocycles. The molecule has 5 nitrogen and oxygen atoms in total. The zero-order chi connectivity index (χ0) is 12.4. The van der Waals surface area contributed by atoms with E-state index in [1.54, 1.807) is 24.3 Å². The van der Waals surface area contributed by atoms with Crippen LogP contribution in [0.3, 0.4) is 0 Å². The summed E-state index contributed by atoms with van der Waals surface area (Å²) in [4.78, 5) is 15.3. The van der Waals surface area contributed by atoms with Gasteiger partial charge in [0.2, 0.25) is 17.5 Å². The number of hydrogen-bond acceptors (Lipinski definition) is 5. The van der Waals surface area contributed by atoms with Crippen molar-refractivity contribution in [3.05, 3.63) is 35.0 Å². The molecule has 6 heteroatoms. The van der Waals surface area contributed by atoms with Crippen LogP contribution in [0.15, 0.2) is 28.7 Å². The minimum Gasteiger partial charge on any atom is -0.464 e. The number of anilines is 1. The van der Waals surface area contributed by atoms with E-state index in [0.717, 1.165) is 0 Å². The number of esters is 1. The van der Waals surface area contributed by atoms with E-state index >= 15 is 0 Å². The number of carbonyl (C=O) groups is 1. The number of rotatable bonds is 2. The van der Waals surface area contributed by atoms with Gasteiger partial charge in [-0.25, -0.2) is 4.79 Å². The summed E-state index contributed by atoms with van der Waals surface area (Å²) < 4.78 is 9.71. The first-order valence-electron chi connectivity index (χ1n) is 4.72. The predicted octanol–water partition coefficient (Wildman–Crippen LogP) is 2.36. The Bertz CT molecular complexity index is 548. The van der Waals surface area contributed by atoms with Gasteiger partial charge in [0.05, 0.1) is 7.11 Å². The van der Waals surface area contributed by atoms with E-state index in [2.05, 4.69) is 9.72 Å². The third kappa shape index (κ3) is 2.24. The molecule has 0 aliphatic heterocycles. The van der Waals surface area contributed by atoms with Crippen LogP contribution in [0.2, 0.25) is 5.02 Å². The summed E-state index contributed by atoms with van der Waals surface area (Å²) >= 11 is 5.76. The van der Waals surface area contributed by atoms with Gasteiger partial charge in [0.1, 0.15) is 0 Å². The van der Waals surface area contributed by atoms with Gasteiger partial charge >= 0.3 is 5.97 Å². The van der Waals surface area contributed by atoms with E-state index < -0.39 is 5.97 Å². The lowest BCUT2D eigenvalue weighted by Gasteiger charge is -1.94. The summed E-state index contributed by atoms with van der Waals surface area (Å²) in [5, 5.41) is 0.599. The van der Waals surface area contributed by atoms with Crippen molar-refractivity contribution in [2.45, 2.75) is 0 Å². The molecule has 2 rings (SSSR count). The fraction of sp³-hybridized carbons (Fsp3) is 0.0909. The molecule has 0 saturated heterocycles. The number of methoxy groups -OCH3 is 1. The molecule has 88 valence electrons. The average molecular weight is 253 g/mol. The maximum absolute atomic E-state index is 11.3. The molecule has 0 amide bonds. The lowest BCUT2D eigenvalue weighted by atomic mass is 10.2. The van der Waals surface area contributed by atoms with Gasteiger partial charge in [0.15, 0.2) is 0 Å². The summed E-state index contributed by atoms with van der Waals surface area (Å²) in [6, 6.07) is 6.81. The van der Waals surface area contributed by atoms with Gasteiger partial charge < -0.3 is 14.9 Å². The van der Waals surface area contributed by atoms with Gasteiger partial charge in [0, 0.05) is 10.6 Å². The van der Waals surface area contributed by atoms with Crippen LogP contribution in [0, 0.1) is 0 Å². The van der Waals surface area contributed by atoms with Gasteiger partial charge in [-0.2, -0.15) is 4.98 Å². The third-order valence-corrected chi connectivity index (χ3v) is 2.38. The quantitative estimate of drug-likeness (QED) is 0.830. The van der Waals surface area contributed by atoms with Gasteiger partial charge in [-0.3, -0.25) is 0 Å². The van der Waals surface area contributed by atoms with Gasteiger partial charge in [-0.1, -0.05) is 11.6 Å². The van der Waals surface area contributed by atoms with Crippen LogP contribution in [-0.2, 0) is 4.74 Å². The average Bonchev–Trinajstić information content (AvgIpc) is 2.71. The van der Waals surface area contributed by atoms with Gasteiger partial charge in [0.25, 0.3) is 0 Å². The summed E-state index contributed by atoms with van der Waals surface area (Å²) in [7, 11) is 1.25. The van der Waals surface area contributed by atoms with E-state index in [1.807, 2.05) is 0 Å². The number of nitrogen functional groups attached to an aromatic ring is 1. The Hall–Kier alpha value is -2.01. The van der Waals surface area contributed by atoms with Crippen molar-refractivity contribution in [3.8, 4) is 11.5 Å². The first-order chi connectivity index (χ1) is 8.11. The number of benzene rings is 1. The van der Waals surface area contributed by atoms with Crippen LogP contribution in [-0.4, -0.2) is 18.1 Å². The van der Waals surface area contributed by atoms with E-state index in [4.69, 9.17) is 21.8 Å². The van der Waals surface area contributed by atoms with E-state index in [0.29, 0.717) is 10.6 Å². The van der Waals surface area contributed by atoms with Crippen molar-refractivity contribution >= 4 is 23.5 Å². The number of halogens is 1. The number of ether oxygens (including phenoxy) is 1. The number of oxazole rings is 1. The first-order valence-corrected chi connectivity index (χ1v) is 5.10. The highest BCUT2D eigenvalue weighted by Crippen LogP contribution is 2.25. The first kappa shape index (κ1) is 11.5. The maximum Gasteiger partial charge on any atom is 0.362 e. The second-order valence-electron chi connectivity index (χ2n) is 3.23. The molecular weight excluding hydrogens is 244 g/mol. The van der Waals surface area contributed by atoms with Crippen LogP contribution < -0.4 is 5.73 Å². The third-order valence-electron chi connectivity index (χ3n) is 2.12. The lowest BCUT2D eigenvalue weighted by molar-refractivity contribution is 0.0595. The van der Waals surface area contributed by atoms with Crippen LogP contribution in [0.4, 0.5) is 5.88 Å². The Morgan fingerprint density at radius 3 is 2.65 bits per heavy atom. The van der Waals surface area contributed by atoms with Gasteiger partial charge in [-0.05, 0) is 24.3 Å². The fourth-order valence-electron chi connectivity index (χ4n) is 1.29. The molecule has 0 unspecified atom stereocenters. The van der Waals surface area contributed by atoms with Crippen molar-refractivity contribution in [1.29, 1.82) is 0 Å². The van der Waals surface area contributed by atoms with E-state index in [9.17, 15) is 4.79 Å². The molecule has 0 bridgehead atoms. The number of hydrogen-bond donors (Lipinski definition) is 1. The standard InChI is InChI=1S/C11H9ClN2O3/c1-16-11(15)8-9(13)17-10(14-8)6-2-4-7(12)5-3-6/h2-5H,13H2,1H3. The van der Waals surface area contributed by atoms with Crippen molar-refractivity contribution in [2.75, 3.05) is 12.8 Å². The summed E-state index contributed by atoms with van der Waals surface area (Å²) in [6.45, 7) is 0. The maximum atomic E-state index is 11.3. The molecule has 0 saturated carbocycles. The summed E-state index contributed by atoms with van der Waals surface area (Å²) in [5.74, 6) is -0.451. The Morgan fingerprint density at radius 1 is 1.41 bits per heavy atom. The molecule has 1 aromatic carbocycles. The molecule has 0 spiro atoms. The van der Waals surface area contributed by atoms with Gasteiger partial charge in [-0.15, -0.1) is 0 Å². The fourth-order valence-corrected chi connectivity index (χ4v) is 1.42. The number of nitrogens with zero attached hydrogens (tertiary/aromatic N) is 1. The molecule has 0 radical (unpaired) electrons. The highest BCUT2D eigenvalue weighted by molar-refractivity contribution is 6.30. The van der Waals surface area contributed by atoms with Crippen molar-refractivity contribution in [3.63, 3.8) is 0 Å². The largest absolute Gasteiger partial charge is 0.464 e. The molecule has 1 aromatic heterocycles. The predicted molar refractivity (Wildman–Crippen MR) is 62.7 cm³/mol. The SMILES string of the molecule is COC(=O)c1nc(-c2ccc(Cl)cc2)oc1N. The molecule has 0 atom stereocenters. The van der Waals surface area contributed by atoms with Crippen LogP contribution in [0.25, 0.3) is 11.5 Å². The minimum absolute atomic E-state index is 0.0301. The summed E-state index contributed by atoms with van der Waals surface area (Å²) in [6.07, 6.45) is 0. The molecule has 2 N–H and O–H groups in total. The second-order valence-corrected chi connectivity index (χ2v) is 3.67.